The number of rotatable bonds is 5. The van der Waals surface area contributed by atoms with Gasteiger partial charge in [0, 0.05) is 31.6 Å². The summed E-state index contributed by atoms with van der Waals surface area (Å²) >= 11 is 0. The average Bonchev–Trinajstić information content (AvgIpc) is 3.11. The van der Waals surface area contributed by atoms with Gasteiger partial charge in [-0.3, -0.25) is 9.69 Å². The van der Waals surface area contributed by atoms with E-state index in [1.165, 1.54) is 0 Å². The van der Waals surface area contributed by atoms with Crippen LogP contribution in [0.15, 0.2) is 53.1 Å². The fourth-order valence-corrected chi connectivity index (χ4v) is 3.79. The van der Waals surface area contributed by atoms with Crippen LogP contribution in [0.5, 0.6) is 5.75 Å². The van der Waals surface area contributed by atoms with E-state index in [4.69, 9.17) is 9.15 Å². The lowest BCUT2D eigenvalue weighted by Crippen LogP contribution is -2.38. The van der Waals surface area contributed by atoms with Gasteiger partial charge < -0.3 is 14.1 Å². The first kappa shape index (κ1) is 21.4. The van der Waals surface area contributed by atoms with Gasteiger partial charge in [-0.1, -0.05) is 51.1 Å². The van der Waals surface area contributed by atoms with Crippen LogP contribution in [0, 0.1) is 0 Å². The highest BCUT2D eigenvalue weighted by Crippen LogP contribution is 2.23. The lowest BCUT2D eigenvalue weighted by atomic mass is 9.94. The second-order valence-electron chi connectivity index (χ2n) is 9.18. The Balaban J connectivity index is 1.28. The second-order valence-corrected chi connectivity index (χ2v) is 9.18. The number of hydrogen-bond acceptors (Lipinski definition) is 5. The summed E-state index contributed by atoms with van der Waals surface area (Å²) < 4.78 is 11.7. The fraction of sp³-hybridized carbons (Fsp3) is 0.440. The van der Waals surface area contributed by atoms with Crippen molar-refractivity contribution in [2.75, 3.05) is 32.8 Å². The molecule has 0 spiro atoms. The van der Waals surface area contributed by atoms with Crippen LogP contribution in [0.1, 0.15) is 38.8 Å². The molecule has 1 saturated heterocycles. The Morgan fingerprint density at radius 2 is 1.87 bits per heavy atom. The molecule has 31 heavy (non-hydrogen) atoms. The molecule has 0 N–H and O–H groups in total. The maximum absolute atomic E-state index is 12.7. The first-order chi connectivity index (χ1) is 14.9. The summed E-state index contributed by atoms with van der Waals surface area (Å²) in [7, 11) is 0. The van der Waals surface area contributed by atoms with Crippen molar-refractivity contribution >= 4 is 16.7 Å². The number of carbonyl (C=O) groups excluding carboxylic acids is 1. The maximum Gasteiger partial charge on any atom is 0.260 e. The lowest BCUT2D eigenvalue weighted by Gasteiger charge is -2.21. The molecule has 6 nitrogen and oxygen atoms in total. The first-order valence-corrected chi connectivity index (χ1v) is 11.0. The van der Waals surface area contributed by atoms with E-state index in [1.54, 1.807) is 0 Å². The van der Waals surface area contributed by atoms with Gasteiger partial charge in [0.15, 0.2) is 6.61 Å². The van der Waals surface area contributed by atoms with E-state index in [2.05, 4.69) is 36.7 Å². The van der Waals surface area contributed by atoms with Crippen molar-refractivity contribution < 1.29 is 13.9 Å². The summed E-state index contributed by atoms with van der Waals surface area (Å²) in [4.78, 5) is 21.4. The van der Waals surface area contributed by atoms with Crippen molar-refractivity contribution in [3.63, 3.8) is 0 Å². The van der Waals surface area contributed by atoms with Crippen LogP contribution >= 0.6 is 0 Å². The quantitative estimate of drug-likeness (QED) is 0.617. The first-order valence-electron chi connectivity index (χ1n) is 11.0. The van der Waals surface area contributed by atoms with Gasteiger partial charge in [0.2, 0.25) is 5.89 Å². The number of benzene rings is 2. The van der Waals surface area contributed by atoms with Crippen LogP contribution in [0.2, 0.25) is 0 Å². The zero-order valence-corrected chi connectivity index (χ0v) is 18.6. The Bertz CT molecular complexity index is 1040. The molecule has 3 aromatic rings. The third-order valence-electron chi connectivity index (χ3n) is 5.68. The molecule has 0 atom stereocenters. The van der Waals surface area contributed by atoms with Crippen molar-refractivity contribution in [1.29, 1.82) is 0 Å². The predicted octanol–water partition coefficient (Wildman–Crippen LogP) is 4.24. The summed E-state index contributed by atoms with van der Waals surface area (Å²) in [6.07, 6.45) is 2.75. The molecule has 0 bridgehead atoms. The SMILES string of the molecule is CC(C)(C)c1cnc(CN2CCCN(C(=O)COc3ccc4ccccc4c3)CC2)o1. The molecule has 1 aliphatic heterocycles. The highest BCUT2D eigenvalue weighted by molar-refractivity contribution is 5.84. The summed E-state index contributed by atoms with van der Waals surface area (Å²) in [6.45, 7) is 10.2. The second kappa shape index (κ2) is 9.10. The van der Waals surface area contributed by atoms with Crippen molar-refractivity contribution in [3.05, 3.63) is 60.3 Å². The van der Waals surface area contributed by atoms with E-state index in [0.29, 0.717) is 13.1 Å². The van der Waals surface area contributed by atoms with Crippen LogP contribution in [-0.2, 0) is 16.8 Å². The van der Waals surface area contributed by atoms with Gasteiger partial charge in [-0.15, -0.1) is 0 Å². The average molecular weight is 422 g/mol. The molecule has 0 radical (unpaired) electrons. The van der Waals surface area contributed by atoms with E-state index in [0.717, 1.165) is 54.2 Å². The zero-order chi connectivity index (χ0) is 21.8. The van der Waals surface area contributed by atoms with Crippen molar-refractivity contribution in [2.24, 2.45) is 0 Å². The van der Waals surface area contributed by atoms with Crippen LogP contribution in [-0.4, -0.2) is 53.5 Å². The summed E-state index contributed by atoms with van der Waals surface area (Å²) in [5, 5.41) is 2.27. The Morgan fingerprint density at radius 3 is 2.65 bits per heavy atom. The molecule has 4 rings (SSSR count). The number of ether oxygens (including phenoxy) is 1. The number of carbonyl (C=O) groups is 1. The minimum atomic E-state index is -0.0434. The third kappa shape index (κ3) is 5.44. The topological polar surface area (TPSA) is 58.8 Å². The standard InChI is InChI=1S/C25H31N3O3/c1-25(2,3)22-16-26-23(31-22)17-27-11-6-12-28(14-13-27)24(29)18-30-21-10-9-19-7-4-5-8-20(19)15-21/h4-5,7-10,15-16H,6,11-14,17-18H2,1-3H3. The van der Waals surface area contributed by atoms with Crippen molar-refractivity contribution in [1.82, 2.24) is 14.8 Å². The number of nitrogens with zero attached hydrogens (tertiary/aromatic N) is 3. The molecule has 0 saturated carbocycles. The van der Waals surface area contributed by atoms with E-state index in [-0.39, 0.29) is 17.9 Å². The number of aromatic nitrogens is 1. The van der Waals surface area contributed by atoms with Gasteiger partial charge in [0.1, 0.15) is 11.5 Å². The summed E-state index contributed by atoms with van der Waals surface area (Å²) in [6, 6.07) is 14.0. The van der Waals surface area contributed by atoms with E-state index in [1.807, 2.05) is 47.5 Å². The van der Waals surface area contributed by atoms with Crippen LogP contribution in [0.25, 0.3) is 10.8 Å². The summed E-state index contributed by atoms with van der Waals surface area (Å²) in [5.41, 5.74) is -0.0434. The molecule has 2 heterocycles. The molecule has 0 unspecified atom stereocenters. The maximum atomic E-state index is 12.7. The van der Waals surface area contributed by atoms with Gasteiger partial charge in [0.25, 0.3) is 5.91 Å². The lowest BCUT2D eigenvalue weighted by molar-refractivity contribution is -0.133. The molecule has 2 aromatic carbocycles. The number of oxazole rings is 1. The van der Waals surface area contributed by atoms with Gasteiger partial charge >= 0.3 is 0 Å². The fourth-order valence-electron chi connectivity index (χ4n) is 3.79. The van der Waals surface area contributed by atoms with Gasteiger partial charge in [-0.2, -0.15) is 0 Å². The van der Waals surface area contributed by atoms with Crippen molar-refractivity contribution in [2.45, 2.75) is 39.2 Å². The predicted molar refractivity (Wildman–Crippen MR) is 121 cm³/mol. The van der Waals surface area contributed by atoms with Gasteiger partial charge in [-0.05, 0) is 29.3 Å². The Kier molecular flexibility index (Phi) is 6.28. The Morgan fingerprint density at radius 1 is 1.06 bits per heavy atom. The Hall–Kier alpha value is -2.86. The van der Waals surface area contributed by atoms with Crippen LogP contribution in [0.4, 0.5) is 0 Å². The van der Waals surface area contributed by atoms with Gasteiger partial charge in [0.05, 0.1) is 12.7 Å². The van der Waals surface area contributed by atoms with Crippen LogP contribution in [0.3, 0.4) is 0 Å². The van der Waals surface area contributed by atoms with E-state index in [9.17, 15) is 4.79 Å². The van der Waals surface area contributed by atoms with Gasteiger partial charge in [-0.25, -0.2) is 4.98 Å². The normalized spacial score (nSPS) is 15.8. The smallest absolute Gasteiger partial charge is 0.260 e. The van der Waals surface area contributed by atoms with E-state index >= 15 is 0 Å². The number of fused-ring (bicyclic) bond motifs is 1. The molecular formula is C25H31N3O3. The molecule has 1 aliphatic rings. The molecular weight excluding hydrogens is 390 g/mol. The zero-order valence-electron chi connectivity index (χ0n) is 18.6. The monoisotopic (exact) mass is 421 g/mol. The number of amides is 1. The Labute approximate surface area is 183 Å². The highest BCUT2D eigenvalue weighted by Gasteiger charge is 2.23. The molecule has 6 heteroatoms. The molecule has 1 fully saturated rings. The molecule has 1 aromatic heterocycles. The molecule has 164 valence electrons. The molecule has 0 aliphatic carbocycles. The number of hydrogen-bond donors (Lipinski definition) is 0. The minimum absolute atomic E-state index is 0.0288. The van der Waals surface area contributed by atoms with Crippen molar-refractivity contribution in [3.8, 4) is 5.75 Å². The highest BCUT2D eigenvalue weighted by atomic mass is 16.5. The minimum Gasteiger partial charge on any atom is -0.484 e. The molecule has 1 amide bonds. The third-order valence-corrected chi connectivity index (χ3v) is 5.68. The van der Waals surface area contributed by atoms with Crippen LogP contribution < -0.4 is 4.74 Å². The summed E-state index contributed by atoms with van der Waals surface area (Å²) in [5.74, 6) is 2.40. The largest absolute Gasteiger partial charge is 0.484 e. The van der Waals surface area contributed by atoms with E-state index < -0.39 is 0 Å².